The van der Waals surface area contributed by atoms with Crippen molar-refractivity contribution in [3.63, 3.8) is 0 Å². The molecule has 2 rings (SSSR count). The van der Waals surface area contributed by atoms with Crippen molar-refractivity contribution in [3.05, 3.63) is 17.1 Å². The molecular formula is C12H17N3O4. The Hall–Kier alpha value is -1.73. The quantitative estimate of drug-likeness (QED) is 0.830. The summed E-state index contributed by atoms with van der Waals surface area (Å²) in [5, 5.41) is 9.06. The van der Waals surface area contributed by atoms with Gasteiger partial charge in [0.1, 0.15) is 17.0 Å². The lowest BCUT2D eigenvalue weighted by Crippen LogP contribution is -2.38. The topological polar surface area (TPSA) is 108 Å². The van der Waals surface area contributed by atoms with Gasteiger partial charge in [-0.25, -0.2) is 14.8 Å². The summed E-state index contributed by atoms with van der Waals surface area (Å²) in [6.07, 6.45) is 1.24. The van der Waals surface area contributed by atoms with Crippen molar-refractivity contribution in [1.82, 2.24) is 9.97 Å². The first kappa shape index (κ1) is 13.7. The number of hydrogen-bond acceptors (Lipinski definition) is 6. The van der Waals surface area contributed by atoms with Gasteiger partial charge < -0.3 is 20.3 Å². The molecule has 3 N–H and O–H groups in total. The summed E-state index contributed by atoms with van der Waals surface area (Å²) >= 11 is 0. The number of aryl methyl sites for hydroxylation is 1. The van der Waals surface area contributed by atoms with E-state index in [9.17, 15) is 4.79 Å². The molecule has 1 aromatic rings. The Bertz CT molecular complexity index is 475. The van der Waals surface area contributed by atoms with Crippen LogP contribution in [0.2, 0.25) is 0 Å². The van der Waals surface area contributed by atoms with E-state index in [-0.39, 0.29) is 11.4 Å². The average molecular weight is 267 g/mol. The van der Waals surface area contributed by atoms with Gasteiger partial charge in [0.25, 0.3) is 0 Å². The standard InChI is InChI=1S/C12H17N3O4/c1-7-8(10(16)17)9(13)15-11(14-7)12(18-2)3-5-19-6-4-12/h3-6H2,1-2H3,(H,16,17)(H2,13,14,15). The molecule has 0 aromatic carbocycles. The molecular weight excluding hydrogens is 250 g/mol. The van der Waals surface area contributed by atoms with Crippen molar-refractivity contribution in [2.24, 2.45) is 0 Å². The van der Waals surface area contributed by atoms with Gasteiger partial charge in [-0.3, -0.25) is 0 Å². The Balaban J connectivity index is 2.48. The Morgan fingerprint density at radius 3 is 2.53 bits per heavy atom. The highest BCUT2D eigenvalue weighted by Gasteiger charge is 2.38. The van der Waals surface area contributed by atoms with Gasteiger partial charge in [-0.1, -0.05) is 0 Å². The lowest BCUT2D eigenvalue weighted by molar-refractivity contribution is -0.1000. The van der Waals surface area contributed by atoms with Crippen LogP contribution in [0.3, 0.4) is 0 Å². The minimum Gasteiger partial charge on any atom is -0.477 e. The van der Waals surface area contributed by atoms with E-state index >= 15 is 0 Å². The van der Waals surface area contributed by atoms with Crippen LogP contribution in [-0.2, 0) is 15.1 Å². The molecule has 1 saturated heterocycles. The Kier molecular flexibility index (Phi) is 3.68. The molecule has 1 aliphatic heterocycles. The molecule has 7 nitrogen and oxygen atoms in total. The van der Waals surface area contributed by atoms with Crippen LogP contribution in [0.25, 0.3) is 0 Å². The maximum absolute atomic E-state index is 11.1. The highest BCUT2D eigenvalue weighted by molar-refractivity contribution is 5.93. The molecule has 7 heteroatoms. The maximum Gasteiger partial charge on any atom is 0.341 e. The monoisotopic (exact) mass is 267 g/mol. The van der Waals surface area contributed by atoms with Crippen LogP contribution < -0.4 is 5.73 Å². The largest absolute Gasteiger partial charge is 0.477 e. The van der Waals surface area contributed by atoms with Crippen molar-refractivity contribution in [2.75, 3.05) is 26.1 Å². The zero-order valence-corrected chi connectivity index (χ0v) is 11.0. The second-order valence-electron chi connectivity index (χ2n) is 4.51. The molecule has 1 fully saturated rings. The summed E-state index contributed by atoms with van der Waals surface area (Å²) in [6, 6.07) is 0. The van der Waals surface area contributed by atoms with E-state index in [0.717, 1.165) is 0 Å². The molecule has 0 spiro atoms. The predicted molar refractivity (Wildman–Crippen MR) is 66.9 cm³/mol. The summed E-state index contributed by atoms with van der Waals surface area (Å²) in [7, 11) is 1.59. The van der Waals surface area contributed by atoms with Crippen LogP contribution in [-0.4, -0.2) is 41.4 Å². The van der Waals surface area contributed by atoms with Crippen molar-refractivity contribution in [1.29, 1.82) is 0 Å². The number of aromatic carboxylic acids is 1. The van der Waals surface area contributed by atoms with Crippen LogP contribution in [0, 0.1) is 6.92 Å². The van der Waals surface area contributed by atoms with Gasteiger partial charge in [0.05, 0.1) is 5.69 Å². The number of carboxylic acid groups (broad SMARTS) is 1. The number of carboxylic acids is 1. The number of aromatic nitrogens is 2. The number of methoxy groups -OCH3 is 1. The zero-order chi connectivity index (χ0) is 14.0. The van der Waals surface area contributed by atoms with Gasteiger partial charge in [-0.15, -0.1) is 0 Å². The SMILES string of the molecule is COC1(c2nc(C)c(C(=O)O)c(N)n2)CCOCC1. The van der Waals surface area contributed by atoms with E-state index in [4.69, 9.17) is 20.3 Å². The fourth-order valence-corrected chi connectivity index (χ4v) is 2.28. The second-order valence-corrected chi connectivity index (χ2v) is 4.51. The lowest BCUT2D eigenvalue weighted by atomic mass is 9.92. The summed E-state index contributed by atoms with van der Waals surface area (Å²) in [6.45, 7) is 2.71. The minimum atomic E-state index is -1.13. The van der Waals surface area contributed by atoms with E-state index in [1.807, 2.05) is 0 Å². The third-order valence-corrected chi connectivity index (χ3v) is 3.43. The number of anilines is 1. The summed E-state index contributed by atoms with van der Waals surface area (Å²) in [5.41, 5.74) is 5.37. The van der Waals surface area contributed by atoms with Crippen LogP contribution in [0.15, 0.2) is 0 Å². The first-order valence-corrected chi connectivity index (χ1v) is 6.01. The molecule has 0 radical (unpaired) electrons. The molecule has 2 heterocycles. The van der Waals surface area contributed by atoms with Crippen molar-refractivity contribution in [3.8, 4) is 0 Å². The highest BCUT2D eigenvalue weighted by atomic mass is 16.5. The summed E-state index contributed by atoms with van der Waals surface area (Å²) < 4.78 is 10.9. The number of hydrogen-bond donors (Lipinski definition) is 2. The molecule has 104 valence electrons. The molecule has 0 amide bonds. The van der Waals surface area contributed by atoms with Crippen LogP contribution in [0.4, 0.5) is 5.82 Å². The third-order valence-electron chi connectivity index (χ3n) is 3.43. The van der Waals surface area contributed by atoms with Gasteiger partial charge in [-0.2, -0.15) is 0 Å². The fourth-order valence-electron chi connectivity index (χ4n) is 2.28. The third kappa shape index (κ3) is 2.39. The fraction of sp³-hybridized carbons (Fsp3) is 0.583. The summed E-state index contributed by atoms with van der Waals surface area (Å²) in [4.78, 5) is 19.5. The van der Waals surface area contributed by atoms with Crippen molar-refractivity contribution < 1.29 is 19.4 Å². The maximum atomic E-state index is 11.1. The zero-order valence-electron chi connectivity index (χ0n) is 11.0. The van der Waals surface area contributed by atoms with E-state index in [2.05, 4.69) is 9.97 Å². The number of rotatable bonds is 3. The normalized spacial score (nSPS) is 18.2. The smallest absolute Gasteiger partial charge is 0.341 e. The van der Waals surface area contributed by atoms with E-state index in [0.29, 0.717) is 37.6 Å². The molecule has 1 aliphatic rings. The Morgan fingerprint density at radius 2 is 2.05 bits per heavy atom. The van der Waals surface area contributed by atoms with E-state index in [1.54, 1.807) is 14.0 Å². The molecule has 19 heavy (non-hydrogen) atoms. The molecule has 0 saturated carbocycles. The van der Waals surface area contributed by atoms with Gasteiger partial charge >= 0.3 is 5.97 Å². The van der Waals surface area contributed by atoms with Crippen LogP contribution in [0.1, 0.15) is 34.7 Å². The number of ether oxygens (including phenoxy) is 2. The first-order valence-electron chi connectivity index (χ1n) is 6.01. The molecule has 1 aromatic heterocycles. The van der Waals surface area contributed by atoms with Crippen molar-refractivity contribution >= 4 is 11.8 Å². The van der Waals surface area contributed by atoms with Gasteiger partial charge in [0.15, 0.2) is 5.82 Å². The number of carbonyl (C=O) groups is 1. The van der Waals surface area contributed by atoms with Gasteiger partial charge in [0, 0.05) is 33.2 Å². The Morgan fingerprint density at radius 1 is 1.42 bits per heavy atom. The number of nitrogen functional groups attached to an aromatic ring is 1. The predicted octanol–water partition coefficient (Wildman–Crippen LogP) is 0.718. The summed E-state index contributed by atoms with van der Waals surface area (Å²) in [5.74, 6) is -0.726. The molecule has 0 atom stereocenters. The van der Waals surface area contributed by atoms with E-state index < -0.39 is 11.6 Å². The minimum absolute atomic E-state index is 0.0297. The Labute approximate surface area is 110 Å². The molecule has 0 aliphatic carbocycles. The van der Waals surface area contributed by atoms with Gasteiger partial charge in [-0.05, 0) is 6.92 Å². The molecule has 0 bridgehead atoms. The molecule has 0 unspecified atom stereocenters. The highest BCUT2D eigenvalue weighted by Crippen LogP contribution is 2.34. The van der Waals surface area contributed by atoms with E-state index in [1.165, 1.54) is 0 Å². The second kappa shape index (κ2) is 5.10. The number of nitrogens with zero attached hydrogens (tertiary/aromatic N) is 2. The average Bonchev–Trinajstić information content (AvgIpc) is 2.38. The first-order chi connectivity index (χ1) is 9.00. The van der Waals surface area contributed by atoms with Crippen LogP contribution in [0.5, 0.6) is 0 Å². The number of nitrogens with two attached hydrogens (primary N) is 1. The van der Waals surface area contributed by atoms with Crippen LogP contribution >= 0.6 is 0 Å². The van der Waals surface area contributed by atoms with Crippen molar-refractivity contribution in [2.45, 2.75) is 25.4 Å². The lowest BCUT2D eigenvalue weighted by Gasteiger charge is -2.34. The van der Waals surface area contributed by atoms with Gasteiger partial charge in [0.2, 0.25) is 0 Å².